The van der Waals surface area contributed by atoms with Crippen molar-refractivity contribution in [2.24, 2.45) is 0 Å². The van der Waals surface area contributed by atoms with E-state index in [-0.39, 0.29) is 5.82 Å². The van der Waals surface area contributed by atoms with Gasteiger partial charge < -0.3 is 9.88 Å². The summed E-state index contributed by atoms with van der Waals surface area (Å²) in [5, 5.41) is 19.9. The van der Waals surface area contributed by atoms with E-state index in [1.165, 1.54) is 18.2 Å². The highest BCUT2D eigenvalue weighted by Gasteiger charge is 2.05. The zero-order valence-corrected chi connectivity index (χ0v) is 10.6. The second-order valence-electron chi connectivity index (χ2n) is 4.05. The van der Waals surface area contributed by atoms with Crippen molar-refractivity contribution in [3.8, 4) is 6.07 Å². The summed E-state index contributed by atoms with van der Waals surface area (Å²) >= 11 is 0. The van der Waals surface area contributed by atoms with Gasteiger partial charge in [-0.3, -0.25) is 0 Å². The molecule has 0 aliphatic carbocycles. The lowest BCUT2D eigenvalue weighted by atomic mass is 10.1. The second-order valence-corrected chi connectivity index (χ2v) is 4.05. The van der Waals surface area contributed by atoms with Crippen molar-refractivity contribution in [2.75, 3.05) is 0 Å². The van der Waals surface area contributed by atoms with Crippen LogP contribution in [-0.2, 0) is 19.6 Å². The van der Waals surface area contributed by atoms with Gasteiger partial charge in [0.25, 0.3) is 0 Å². The number of halogens is 1. The third-order valence-electron chi connectivity index (χ3n) is 2.82. The first-order chi connectivity index (χ1) is 9.24. The van der Waals surface area contributed by atoms with Gasteiger partial charge in [0, 0.05) is 13.1 Å². The monoisotopic (exact) mass is 259 g/mol. The van der Waals surface area contributed by atoms with Gasteiger partial charge in [-0.25, -0.2) is 4.39 Å². The number of aryl methyl sites for hydroxylation is 1. The third kappa shape index (κ3) is 3.14. The molecule has 0 aliphatic heterocycles. The van der Waals surface area contributed by atoms with E-state index >= 15 is 0 Å². The molecule has 6 heteroatoms. The van der Waals surface area contributed by atoms with E-state index < -0.39 is 0 Å². The van der Waals surface area contributed by atoms with Crippen LogP contribution in [0.1, 0.15) is 23.9 Å². The minimum atomic E-state index is -0.340. The van der Waals surface area contributed by atoms with E-state index in [1.807, 2.05) is 17.6 Å². The molecule has 1 N–H and O–H groups in total. The molecular formula is C13H14FN5. The molecular weight excluding hydrogens is 245 g/mol. The van der Waals surface area contributed by atoms with E-state index in [4.69, 9.17) is 5.26 Å². The lowest BCUT2D eigenvalue weighted by Gasteiger charge is -2.07. The number of benzene rings is 1. The van der Waals surface area contributed by atoms with Crippen LogP contribution in [0.15, 0.2) is 24.5 Å². The maximum Gasteiger partial charge on any atom is 0.146 e. The van der Waals surface area contributed by atoms with Crippen LogP contribution < -0.4 is 5.32 Å². The second kappa shape index (κ2) is 6.07. The van der Waals surface area contributed by atoms with Crippen molar-refractivity contribution in [1.82, 2.24) is 20.1 Å². The van der Waals surface area contributed by atoms with Crippen molar-refractivity contribution in [1.29, 1.82) is 5.26 Å². The molecule has 5 nitrogen and oxygen atoms in total. The third-order valence-corrected chi connectivity index (χ3v) is 2.82. The van der Waals surface area contributed by atoms with Crippen LogP contribution in [0.2, 0.25) is 0 Å². The van der Waals surface area contributed by atoms with Gasteiger partial charge in [0.15, 0.2) is 0 Å². The highest BCUT2D eigenvalue weighted by Crippen LogP contribution is 2.10. The zero-order chi connectivity index (χ0) is 13.7. The summed E-state index contributed by atoms with van der Waals surface area (Å²) in [5.41, 5.74) is 1.12. The molecule has 0 radical (unpaired) electrons. The Hall–Kier alpha value is -2.26. The Bertz CT molecular complexity index is 599. The Morgan fingerprint density at radius 1 is 1.42 bits per heavy atom. The van der Waals surface area contributed by atoms with Gasteiger partial charge in [-0.2, -0.15) is 5.26 Å². The molecule has 1 aromatic carbocycles. The van der Waals surface area contributed by atoms with Gasteiger partial charge in [0.05, 0.1) is 18.2 Å². The highest BCUT2D eigenvalue weighted by molar-refractivity contribution is 5.37. The van der Waals surface area contributed by atoms with Gasteiger partial charge in [0.1, 0.15) is 18.0 Å². The zero-order valence-electron chi connectivity index (χ0n) is 10.6. The van der Waals surface area contributed by atoms with Gasteiger partial charge in [-0.15, -0.1) is 10.2 Å². The van der Waals surface area contributed by atoms with E-state index in [9.17, 15) is 4.39 Å². The average molecular weight is 259 g/mol. The molecule has 1 aromatic heterocycles. The fourth-order valence-electron chi connectivity index (χ4n) is 1.81. The van der Waals surface area contributed by atoms with Crippen LogP contribution in [0.25, 0.3) is 0 Å². The first-order valence-electron chi connectivity index (χ1n) is 6.00. The SMILES string of the molecule is CCn1cnnc1CNCc1cc(F)ccc1C#N. The Balaban J connectivity index is 2.00. The largest absolute Gasteiger partial charge is 0.317 e. The minimum Gasteiger partial charge on any atom is -0.317 e. The van der Waals surface area contributed by atoms with E-state index in [0.29, 0.717) is 24.2 Å². The topological polar surface area (TPSA) is 66.5 Å². The summed E-state index contributed by atoms with van der Waals surface area (Å²) in [6.45, 7) is 3.74. The quantitative estimate of drug-likeness (QED) is 0.885. The molecule has 1 heterocycles. The van der Waals surface area contributed by atoms with Crippen LogP contribution in [0.4, 0.5) is 4.39 Å². The van der Waals surface area contributed by atoms with Crippen LogP contribution in [-0.4, -0.2) is 14.8 Å². The first-order valence-corrected chi connectivity index (χ1v) is 6.00. The number of nitriles is 1. The van der Waals surface area contributed by atoms with Crippen LogP contribution in [0.5, 0.6) is 0 Å². The number of aromatic nitrogens is 3. The summed E-state index contributed by atoms with van der Waals surface area (Å²) in [7, 11) is 0. The molecule has 0 amide bonds. The Labute approximate surface area is 110 Å². The van der Waals surface area contributed by atoms with Crippen molar-refractivity contribution in [3.63, 3.8) is 0 Å². The molecule has 0 unspecified atom stereocenters. The summed E-state index contributed by atoms with van der Waals surface area (Å²) in [6.07, 6.45) is 1.67. The number of nitrogens with one attached hydrogen (secondary N) is 1. The van der Waals surface area contributed by atoms with Gasteiger partial charge in [-0.05, 0) is 30.7 Å². The molecule has 2 rings (SSSR count). The molecule has 19 heavy (non-hydrogen) atoms. The lowest BCUT2D eigenvalue weighted by Crippen LogP contribution is -2.17. The van der Waals surface area contributed by atoms with Crippen molar-refractivity contribution in [3.05, 3.63) is 47.3 Å². The molecule has 2 aromatic rings. The maximum absolute atomic E-state index is 13.1. The molecule has 0 saturated carbocycles. The average Bonchev–Trinajstić information content (AvgIpc) is 2.86. The lowest BCUT2D eigenvalue weighted by molar-refractivity contribution is 0.601. The highest BCUT2D eigenvalue weighted by atomic mass is 19.1. The van der Waals surface area contributed by atoms with Crippen LogP contribution in [0.3, 0.4) is 0 Å². The number of nitrogens with zero attached hydrogens (tertiary/aromatic N) is 4. The molecule has 0 atom stereocenters. The molecule has 0 fully saturated rings. The summed E-state index contributed by atoms with van der Waals surface area (Å²) in [5.74, 6) is 0.477. The standard InChI is InChI=1S/C13H14FN5/c1-2-19-9-17-18-13(19)8-16-7-11-5-12(14)4-3-10(11)6-15/h3-5,9,16H,2,7-8H2,1H3. The van der Waals surface area contributed by atoms with Gasteiger partial charge in [0.2, 0.25) is 0 Å². The Morgan fingerprint density at radius 3 is 3.00 bits per heavy atom. The maximum atomic E-state index is 13.1. The summed E-state index contributed by atoms with van der Waals surface area (Å²) < 4.78 is 15.1. The Kier molecular flexibility index (Phi) is 4.21. The fraction of sp³-hybridized carbons (Fsp3) is 0.308. The van der Waals surface area contributed by atoms with E-state index in [2.05, 4.69) is 15.5 Å². The minimum absolute atomic E-state index is 0.340. The number of rotatable bonds is 5. The predicted octanol–water partition coefficient (Wildman–Crippen LogP) is 1.60. The molecule has 0 bridgehead atoms. The number of hydrogen-bond donors (Lipinski definition) is 1. The van der Waals surface area contributed by atoms with Crippen molar-refractivity contribution < 1.29 is 4.39 Å². The smallest absolute Gasteiger partial charge is 0.146 e. The van der Waals surface area contributed by atoms with Crippen molar-refractivity contribution >= 4 is 0 Å². The van der Waals surface area contributed by atoms with Crippen molar-refractivity contribution in [2.45, 2.75) is 26.6 Å². The first kappa shape index (κ1) is 13.2. The van der Waals surface area contributed by atoms with Gasteiger partial charge >= 0.3 is 0 Å². The fourth-order valence-corrected chi connectivity index (χ4v) is 1.81. The number of hydrogen-bond acceptors (Lipinski definition) is 4. The van der Waals surface area contributed by atoms with E-state index in [1.54, 1.807) is 6.33 Å². The van der Waals surface area contributed by atoms with Gasteiger partial charge in [-0.1, -0.05) is 0 Å². The van der Waals surface area contributed by atoms with Crippen LogP contribution >= 0.6 is 0 Å². The molecule has 0 spiro atoms. The molecule has 98 valence electrons. The Morgan fingerprint density at radius 2 is 2.26 bits per heavy atom. The summed E-state index contributed by atoms with van der Waals surface area (Å²) in [6, 6.07) is 6.19. The molecule has 0 saturated heterocycles. The predicted molar refractivity (Wildman–Crippen MR) is 67.4 cm³/mol. The summed E-state index contributed by atoms with van der Waals surface area (Å²) in [4.78, 5) is 0. The van der Waals surface area contributed by atoms with E-state index in [0.717, 1.165) is 12.4 Å². The molecule has 0 aliphatic rings. The van der Waals surface area contributed by atoms with Crippen LogP contribution in [0, 0.1) is 17.1 Å². The normalized spacial score (nSPS) is 10.4.